The van der Waals surface area contributed by atoms with E-state index < -0.39 is 0 Å². The number of hydrogen-bond donors (Lipinski definition) is 1. The van der Waals surface area contributed by atoms with Gasteiger partial charge in [0.05, 0.1) is 18.7 Å². The Morgan fingerprint density at radius 3 is 2.96 bits per heavy atom. The Morgan fingerprint density at radius 1 is 1.25 bits per heavy atom. The number of methoxy groups -OCH3 is 1. The first-order valence-corrected chi connectivity index (χ1v) is 10.7. The molecule has 1 N–H and O–H groups in total. The predicted octanol–water partition coefficient (Wildman–Crippen LogP) is 3.52. The zero-order chi connectivity index (χ0) is 19.5. The molecule has 1 atom stereocenters. The van der Waals surface area contributed by atoms with E-state index in [0.717, 1.165) is 18.5 Å². The number of fused-ring (bicyclic) bond motifs is 1. The molecule has 28 heavy (non-hydrogen) atoms. The van der Waals surface area contributed by atoms with Crippen LogP contribution in [0.15, 0.2) is 24.3 Å². The normalized spacial score (nSPS) is 19.0. The Kier molecular flexibility index (Phi) is 5.62. The number of anilines is 1. The fourth-order valence-electron chi connectivity index (χ4n) is 3.89. The maximum atomic E-state index is 12.7. The number of carbonyl (C=O) groups excluding carboxylic acids is 2. The molecule has 2 aromatic rings. The number of nitrogens with one attached hydrogen (secondary N) is 1. The average molecular weight is 400 g/mol. The molecule has 2 aliphatic rings. The molecule has 0 bridgehead atoms. The van der Waals surface area contributed by atoms with Gasteiger partial charge in [0.15, 0.2) is 5.13 Å². The number of hydrogen-bond acceptors (Lipinski definition) is 5. The van der Waals surface area contributed by atoms with Crippen molar-refractivity contribution in [2.24, 2.45) is 5.92 Å². The molecule has 1 aliphatic heterocycles. The lowest BCUT2D eigenvalue weighted by atomic mass is 10.1. The Bertz CT molecular complexity index is 856. The van der Waals surface area contributed by atoms with Gasteiger partial charge in [-0.1, -0.05) is 12.5 Å². The smallest absolute Gasteiger partial charge is 0.254 e. The van der Waals surface area contributed by atoms with Crippen molar-refractivity contribution in [2.45, 2.75) is 38.5 Å². The molecule has 1 aliphatic carbocycles. The molecule has 0 spiro atoms. The van der Waals surface area contributed by atoms with Crippen LogP contribution in [0.2, 0.25) is 0 Å². The fourth-order valence-corrected chi connectivity index (χ4v) is 4.94. The van der Waals surface area contributed by atoms with E-state index in [1.807, 2.05) is 6.07 Å². The second-order valence-electron chi connectivity index (χ2n) is 7.41. The van der Waals surface area contributed by atoms with E-state index in [2.05, 4.69) is 10.3 Å². The Morgan fingerprint density at radius 2 is 2.11 bits per heavy atom. The molecule has 0 saturated carbocycles. The summed E-state index contributed by atoms with van der Waals surface area (Å²) in [5.41, 5.74) is 1.74. The first kappa shape index (κ1) is 18.9. The molecule has 1 aromatic carbocycles. The van der Waals surface area contributed by atoms with E-state index in [4.69, 9.17) is 4.74 Å². The van der Waals surface area contributed by atoms with Gasteiger partial charge in [0, 0.05) is 23.5 Å². The molecule has 2 amide bonds. The molecule has 0 unspecified atom stereocenters. The summed E-state index contributed by atoms with van der Waals surface area (Å²) in [5.74, 6) is 0.362. The second kappa shape index (κ2) is 8.31. The van der Waals surface area contributed by atoms with Gasteiger partial charge in [-0.25, -0.2) is 4.98 Å². The van der Waals surface area contributed by atoms with Crippen molar-refractivity contribution < 1.29 is 14.3 Å². The topological polar surface area (TPSA) is 71.5 Å². The van der Waals surface area contributed by atoms with Crippen LogP contribution >= 0.6 is 11.3 Å². The highest BCUT2D eigenvalue weighted by molar-refractivity contribution is 7.15. The molecular weight excluding hydrogens is 374 g/mol. The summed E-state index contributed by atoms with van der Waals surface area (Å²) in [7, 11) is 1.58. The molecule has 4 rings (SSSR count). The monoisotopic (exact) mass is 399 g/mol. The second-order valence-corrected chi connectivity index (χ2v) is 8.49. The number of ether oxygens (including phenoxy) is 1. The zero-order valence-corrected chi connectivity index (χ0v) is 16.9. The lowest BCUT2D eigenvalue weighted by molar-refractivity contribution is -0.119. The van der Waals surface area contributed by atoms with Crippen molar-refractivity contribution >= 4 is 28.3 Å². The largest absolute Gasteiger partial charge is 0.497 e. The fraction of sp³-hybridized carbons (Fsp3) is 0.476. The molecule has 148 valence electrons. The number of nitrogens with zero attached hydrogens (tertiary/aromatic N) is 2. The third-order valence-electron chi connectivity index (χ3n) is 5.49. The van der Waals surface area contributed by atoms with E-state index in [9.17, 15) is 9.59 Å². The van der Waals surface area contributed by atoms with E-state index in [0.29, 0.717) is 36.0 Å². The van der Waals surface area contributed by atoms with Gasteiger partial charge in [-0.05, 0) is 50.3 Å². The standard InChI is InChI=1S/C21H25N3O3S/c1-27-16-7-5-6-14(12-16)20(26)24-11-10-15(13-24)19(25)23-21-22-17-8-3-2-4-9-18(17)28-21/h5-7,12,15H,2-4,8-11,13H2,1H3,(H,22,23,25)/t15-/m1/s1. The van der Waals surface area contributed by atoms with Crippen LogP contribution < -0.4 is 10.1 Å². The Hall–Kier alpha value is -2.41. The third kappa shape index (κ3) is 4.04. The van der Waals surface area contributed by atoms with Crippen molar-refractivity contribution in [1.29, 1.82) is 0 Å². The zero-order valence-electron chi connectivity index (χ0n) is 16.1. The van der Waals surface area contributed by atoms with Crippen molar-refractivity contribution in [2.75, 3.05) is 25.5 Å². The van der Waals surface area contributed by atoms with Gasteiger partial charge in [-0.3, -0.25) is 9.59 Å². The summed E-state index contributed by atoms with van der Waals surface area (Å²) in [6.07, 6.45) is 6.38. The maximum Gasteiger partial charge on any atom is 0.254 e. The molecule has 6 nitrogen and oxygen atoms in total. The number of amides is 2. The minimum atomic E-state index is -0.196. The molecule has 1 fully saturated rings. The quantitative estimate of drug-likeness (QED) is 0.799. The van der Waals surface area contributed by atoms with E-state index >= 15 is 0 Å². The SMILES string of the molecule is COc1cccc(C(=O)N2CC[C@@H](C(=O)Nc3nc4c(s3)CCCCC4)C2)c1. The van der Waals surface area contributed by atoms with E-state index in [-0.39, 0.29) is 17.7 Å². The molecule has 0 radical (unpaired) electrons. The number of rotatable bonds is 4. The number of carbonyl (C=O) groups is 2. The minimum Gasteiger partial charge on any atom is -0.497 e. The highest BCUT2D eigenvalue weighted by atomic mass is 32.1. The van der Waals surface area contributed by atoms with Crippen LogP contribution in [0.1, 0.15) is 46.6 Å². The van der Waals surface area contributed by atoms with Gasteiger partial charge < -0.3 is 15.0 Å². The van der Waals surface area contributed by atoms with Gasteiger partial charge in [0.2, 0.25) is 5.91 Å². The first-order chi connectivity index (χ1) is 13.6. The van der Waals surface area contributed by atoms with Crippen molar-refractivity contribution in [3.63, 3.8) is 0 Å². The van der Waals surface area contributed by atoms with Crippen molar-refractivity contribution in [3.8, 4) is 5.75 Å². The van der Waals surface area contributed by atoms with Gasteiger partial charge in [-0.15, -0.1) is 11.3 Å². The van der Waals surface area contributed by atoms with Gasteiger partial charge in [0.25, 0.3) is 5.91 Å². The summed E-state index contributed by atoms with van der Waals surface area (Å²) < 4.78 is 5.20. The molecule has 1 aromatic heterocycles. The average Bonchev–Trinajstić information content (AvgIpc) is 3.30. The number of benzene rings is 1. The van der Waals surface area contributed by atoms with Gasteiger partial charge in [-0.2, -0.15) is 0 Å². The van der Waals surface area contributed by atoms with Crippen LogP contribution in [0.5, 0.6) is 5.75 Å². The summed E-state index contributed by atoms with van der Waals surface area (Å²) in [6.45, 7) is 1.02. The van der Waals surface area contributed by atoms with Crippen LogP contribution in [0, 0.1) is 5.92 Å². The van der Waals surface area contributed by atoms with Gasteiger partial charge >= 0.3 is 0 Å². The van der Waals surface area contributed by atoms with Crippen LogP contribution in [0.25, 0.3) is 0 Å². The lowest BCUT2D eigenvalue weighted by Crippen LogP contribution is -2.31. The maximum absolute atomic E-state index is 12.7. The highest BCUT2D eigenvalue weighted by Crippen LogP contribution is 2.30. The number of thiazole rings is 1. The molecular formula is C21H25N3O3S. The Balaban J connectivity index is 1.37. The number of aryl methyl sites for hydroxylation is 2. The number of likely N-dealkylation sites (tertiary alicyclic amines) is 1. The first-order valence-electron chi connectivity index (χ1n) is 9.87. The van der Waals surface area contributed by atoms with E-state index in [1.165, 1.54) is 24.1 Å². The molecule has 2 heterocycles. The van der Waals surface area contributed by atoms with Crippen molar-refractivity contribution in [1.82, 2.24) is 9.88 Å². The van der Waals surface area contributed by atoms with Gasteiger partial charge in [0.1, 0.15) is 5.75 Å². The van der Waals surface area contributed by atoms with Crippen LogP contribution in [0.4, 0.5) is 5.13 Å². The van der Waals surface area contributed by atoms with Crippen LogP contribution in [-0.4, -0.2) is 41.9 Å². The lowest BCUT2D eigenvalue weighted by Gasteiger charge is -2.16. The summed E-state index contributed by atoms with van der Waals surface area (Å²) in [6, 6.07) is 7.13. The number of aromatic nitrogens is 1. The van der Waals surface area contributed by atoms with E-state index in [1.54, 1.807) is 41.5 Å². The van der Waals surface area contributed by atoms with Crippen LogP contribution in [-0.2, 0) is 17.6 Å². The minimum absolute atomic E-state index is 0.0372. The van der Waals surface area contributed by atoms with Crippen LogP contribution in [0.3, 0.4) is 0 Å². The molecule has 1 saturated heterocycles. The summed E-state index contributed by atoms with van der Waals surface area (Å²) in [5, 5.41) is 3.69. The summed E-state index contributed by atoms with van der Waals surface area (Å²) in [4.78, 5) is 33.1. The summed E-state index contributed by atoms with van der Waals surface area (Å²) >= 11 is 1.61. The molecule has 7 heteroatoms. The third-order valence-corrected chi connectivity index (χ3v) is 6.56. The highest BCUT2D eigenvalue weighted by Gasteiger charge is 2.32. The predicted molar refractivity (Wildman–Crippen MR) is 109 cm³/mol. The van der Waals surface area contributed by atoms with Crippen molar-refractivity contribution in [3.05, 3.63) is 40.4 Å². The Labute approximate surface area is 168 Å².